The van der Waals surface area contributed by atoms with Crippen molar-refractivity contribution in [1.82, 2.24) is 0 Å². The number of methoxy groups -OCH3 is 1. The Kier molecular flexibility index (Phi) is 3.75. The van der Waals surface area contributed by atoms with Gasteiger partial charge in [-0.2, -0.15) is 0 Å². The van der Waals surface area contributed by atoms with Crippen LogP contribution in [0.25, 0.3) is 0 Å². The van der Waals surface area contributed by atoms with Crippen molar-refractivity contribution in [3.05, 3.63) is 27.7 Å². The van der Waals surface area contributed by atoms with Crippen LogP contribution in [-0.2, 0) is 6.42 Å². The summed E-state index contributed by atoms with van der Waals surface area (Å²) in [4.78, 5) is 0. The maximum absolute atomic E-state index is 5.53. The standard InChI is InChI=1S/C10H14BrNO/c1-7-3-4-9(11)8(5-6-12)10(7)13-2/h3-4H,5-6,12H2,1-2H3. The quantitative estimate of drug-likeness (QED) is 0.885. The van der Waals surface area contributed by atoms with Crippen LogP contribution in [0, 0.1) is 6.92 Å². The zero-order valence-corrected chi connectivity index (χ0v) is 9.52. The maximum atomic E-state index is 5.53. The molecule has 1 aromatic rings. The summed E-state index contributed by atoms with van der Waals surface area (Å²) >= 11 is 3.49. The van der Waals surface area contributed by atoms with Crippen LogP contribution in [0.15, 0.2) is 16.6 Å². The Hall–Kier alpha value is -0.540. The van der Waals surface area contributed by atoms with Gasteiger partial charge in [-0.1, -0.05) is 22.0 Å². The van der Waals surface area contributed by atoms with Crippen LogP contribution in [0.1, 0.15) is 11.1 Å². The lowest BCUT2D eigenvalue weighted by molar-refractivity contribution is 0.406. The van der Waals surface area contributed by atoms with E-state index >= 15 is 0 Å². The smallest absolute Gasteiger partial charge is 0.126 e. The summed E-state index contributed by atoms with van der Waals surface area (Å²) in [6.07, 6.45) is 0.839. The number of hydrogen-bond donors (Lipinski definition) is 1. The second kappa shape index (κ2) is 4.63. The maximum Gasteiger partial charge on any atom is 0.126 e. The third-order valence-corrected chi connectivity index (χ3v) is 2.74. The van der Waals surface area contributed by atoms with E-state index in [0.717, 1.165) is 27.8 Å². The van der Waals surface area contributed by atoms with Crippen LogP contribution < -0.4 is 10.5 Å². The number of halogens is 1. The highest BCUT2D eigenvalue weighted by molar-refractivity contribution is 9.10. The van der Waals surface area contributed by atoms with Gasteiger partial charge in [-0.3, -0.25) is 0 Å². The van der Waals surface area contributed by atoms with E-state index in [2.05, 4.69) is 15.9 Å². The molecule has 2 nitrogen and oxygen atoms in total. The zero-order chi connectivity index (χ0) is 9.84. The van der Waals surface area contributed by atoms with Crippen molar-refractivity contribution in [2.45, 2.75) is 13.3 Å². The predicted molar refractivity (Wildman–Crippen MR) is 58.2 cm³/mol. The van der Waals surface area contributed by atoms with Crippen molar-refractivity contribution in [3.8, 4) is 5.75 Å². The fraction of sp³-hybridized carbons (Fsp3) is 0.400. The molecule has 0 heterocycles. The molecule has 0 atom stereocenters. The summed E-state index contributed by atoms with van der Waals surface area (Å²) < 4.78 is 6.39. The fourth-order valence-corrected chi connectivity index (χ4v) is 1.89. The van der Waals surface area contributed by atoms with Crippen molar-refractivity contribution in [2.24, 2.45) is 5.73 Å². The highest BCUT2D eigenvalue weighted by Crippen LogP contribution is 2.30. The largest absolute Gasteiger partial charge is 0.496 e. The van der Waals surface area contributed by atoms with Crippen molar-refractivity contribution in [3.63, 3.8) is 0 Å². The number of aryl methyl sites for hydroxylation is 1. The molecular formula is C10H14BrNO. The lowest BCUT2D eigenvalue weighted by Gasteiger charge is -2.12. The van der Waals surface area contributed by atoms with Gasteiger partial charge >= 0.3 is 0 Å². The molecule has 0 aliphatic rings. The molecule has 1 aromatic carbocycles. The summed E-state index contributed by atoms with van der Waals surface area (Å²) in [5, 5.41) is 0. The first-order chi connectivity index (χ1) is 6.20. The Morgan fingerprint density at radius 2 is 2.15 bits per heavy atom. The number of ether oxygens (including phenoxy) is 1. The molecule has 0 aliphatic heterocycles. The fourth-order valence-electron chi connectivity index (χ4n) is 1.38. The molecule has 3 heteroatoms. The molecule has 0 bridgehead atoms. The zero-order valence-electron chi connectivity index (χ0n) is 7.93. The summed E-state index contributed by atoms with van der Waals surface area (Å²) in [5.41, 5.74) is 7.83. The van der Waals surface area contributed by atoms with Gasteiger partial charge in [0, 0.05) is 10.0 Å². The molecule has 1 rings (SSSR count). The highest BCUT2D eigenvalue weighted by Gasteiger charge is 2.08. The Morgan fingerprint density at radius 3 is 2.69 bits per heavy atom. The monoisotopic (exact) mass is 243 g/mol. The minimum absolute atomic E-state index is 0.637. The van der Waals surface area contributed by atoms with E-state index < -0.39 is 0 Å². The molecule has 0 saturated heterocycles. The Balaban J connectivity index is 3.18. The van der Waals surface area contributed by atoms with Crippen LogP contribution in [0.3, 0.4) is 0 Å². The van der Waals surface area contributed by atoms with E-state index in [9.17, 15) is 0 Å². The minimum Gasteiger partial charge on any atom is -0.496 e. The lowest BCUT2D eigenvalue weighted by Crippen LogP contribution is -2.05. The van der Waals surface area contributed by atoms with Crippen LogP contribution in [0.4, 0.5) is 0 Å². The van der Waals surface area contributed by atoms with Gasteiger partial charge in [0.1, 0.15) is 5.75 Å². The number of rotatable bonds is 3. The molecule has 13 heavy (non-hydrogen) atoms. The van der Waals surface area contributed by atoms with Crippen LogP contribution >= 0.6 is 15.9 Å². The third kappa shape index (κ3) is 2.23. The molecule has 0 spiro atoms. The second-order valence-electron chi connectivity index (χ2n) is 2.91. The van der Waals surface area contributed by atoms with Gasteiger partial charge in [0.25, 0.3) is 0 Å². The summed E-state index contributed by atoms with van der Waals surface area (Å²) in [6.45, 7) is 2.67. The van der Waals surface area contributed by atoms with Crippen LogP contribution in [-0.4, -0.2) is 13.7 Å². The predicted octanol–water partition coefficient (Wildman–Crippen LogP) is 2.27. The van der Waals surface area contributed by atoms with Gasteiger partial charge in [0.05, 0.1) is 7.11 Å². The van der Waals surface area contributed by atoms with Gasteiger partial charge in [0.15, 0.2) is 0 Å². The average Bonchev–Trinajstić information content (AvgIpc) is 2.12. The van der Waals surface area contributed by atoms with Gasteiger partial charge in [0.2, 0.25) is 0 Å². The molecule has 0 aliphatic carbocycles. The van der Waals surface area contributed by atoms with Crippen molar-refractivity contribution < 1.29 is 4.74 Å². The van der Waals surface area contributed by atoms with Crippen molar-refractivity contribution in [2.75, 3.05) is 13.7 Å². The van der Waals surface area contributed by atoms with Gasteiger partial charge < -0.3 is 10.5 Å². The summed E-state index contributed by atoms with van der Waals surface area (Å²) in [6, 6.07) is 4.06. The molecule has 72 valence electrons. The first-order valence-corrected chi connectivity index (χ1v) is 5.02. The molecule has 0 amide bonds. The number of nitrogens with two attached hydrogens (primary N) is 1. The first-order valence-electron chi connectivity index (χ1n) is 4.22. The molecular weight excluding hydrogens is 230 g/mol. The van der Waals surface area contributed by atoms with E-state index in [1.807, 2.05) is 19.1 Å². The Labute approximate surface area is 87.2 Å². The van der Waals surface area contributed by atoms with Gasteiger partial charge in [-0.25, -0.2) is 0 Å². The van der Waals surface area contributed by atoms with E-state index in [-0.39, 0.29) is 0 Å². The third-order valence-electron chi connectivity index (χ3n) is 2.00. The topological polar surface area (TPSA) is 35.2 Å². The van der Waals surface area contributed by atoms with Gasteiger partial charge in [-0.15, -0.1) is 0 Å². The van der Waals surface area contributed by atoms with Gasteiger partial charge in [-0.05, 0) is 31.5 Å². The molecule has 0 aromatic heterocycles. The second-order valence-corrected chi connectivity index (χ2v) is 3.77. The Bertz CT molecular complexity index is 299. The van der Waals surface area contributed by atoms with E-state index in [0.29, 0.717) is 6.54 Å². The molecule has 0 unspecified atom stereocenters. The van der Waals surface area contributed by atoms with Crippen LogP contribution in [0.2, 0.25) is 0 Å². The molecule has 0 fully saturated rings. The lowest BCUT2D eigenvalue weighted by atomic mass is 10.1. The average molecular weight is 244 g/mol. The molecule has 0 saturated carbocycles. The first kappa shape index (κ1) is 10.5. The Morgan fingerprint density at radius 1 is 1.46 bits per heavy atom. The van der Waals surface area contributed by atoms with E-state index in [1.165, 1.54) is 0 Å². The summed E-state index contributed by atoms with van der Waals surface area (Å²) in [5.74, 6) is 0.944. The highest BCUT2D eigenvalue weighted by atomic mass is 79.9. The number of hydrogen-bond acceptors (Lipinski definition) is 2. The van der Waals surface area contributed by atoms with Crippen molar-refractivity contribution >= 4 is 15.9 Å². The number of benzene rings is 1. The summed E-state index contributed by atoms with van der Waals surface area (Å²) in [7, 11) is 1.69. The van der Waals surface area contributed by atoms with E-state index in [1.54, 1.807) is 7.11 Å². The van der Waals surface area contributed by atoms with Crippen LogP contribution in [0.5, 0.6) is 5.75 Å². The SMILES string of the molecule is COc1c(C)ccc(Br)c1CCN. The minimum atomic E-state index is 0.637. The van der Waals surface area contributed by atoms with Crippen molar-refractivity contribution in [1.29, 1.82) is 0 Å². The van der Waals surface area contributed by atoms with E-state index in [4.69, 9.17) is 10.5 Å². The normalized spacial score (nSPS) is 10.2. The molecule has 0 radical (unpaired) electrons. The molecule has 2 N–H and O–H groups in total.